The zero-order valence-electron chi connectivity index (χ0n) is 6.99. The summed E-state index contributed by atoms with van der Waals surface area (Å²) in [5, 5.41) is 5.51. The Morgan fingerprint density at radius 3 is 3.00 bits per heavy atom. The topological polar surface area (TPSA) is 34.9 Å². The van der Waals surface area contributed by atoms with Gasteiger partial charge in [-0.2, -0.15) is 5.10 Å². The molecule has 1 heterocycles. The zero-order chi connectivity index (χ0) is 9.42. The second-order valence-electron chi connectivity index (χ2n) is 2.82. The number of hydrogen-bond donors (Lipinski definition) is 0. The maximum absolute atomic E-state index is 10.7. The Morgan fingerprint density at radius 2 is 2.31 bits per heavy atom. The van der Waals surface area contributed by atoms with Crippen molar-refractivity contribution >= 4 is 28.8 Å². The molecule has 0 spiro atoms. The van der Waals surface area contributed by atoms with Gasteiger partial charge in [0.15, 0.2) is 6.29 Å². The quantitative estimate of drug-likeness (QED) is 0.652. The van der Waals surface area contributed by atoms with Crippen molar-refractivity contribution in [3.05, 3.63) is 28.9 Å². The summed E-state index contributed by atoms with van der Waals surface area (Å²) in [4.78, 5) is 10.7. The lowest BCUT2D eigenvalue weighted by atomic mass is 10.1. The van der Waals surface area contributed by atoms with E-state index in [-0.39, 0.29) is 0 Å². The van der Waals surface area contributed by atoms with Gasteiger partial charge >= 0.3 is 0 Å². The fraction of sp³-hybridized carbons (Fsp3) is 0.111. The van der Waals surface area contributed by atoms with Crippen molar-refractivity contribution in [1.82, 2.24) is 9.78 Å². The standard InChI is InChI=1S/C9H7ClN2O/c1-12-4-7-6(5-13)2-3-8(10)9(7)11-12/h2-5H,1H3. The van der Waals surface area contributed by atoms with Gasteiger partial charge in [0.05, 0.1) is 5.02 Å². The minimum absolute atomic E-state index is 0.571. The molecule has 0 atom stereocenters. The number of benzene rings is 1. The largest absolute Gasteiger partial charge is 0.298 e. The van der Waals surface area contributed by atoms with Crippen LogP contribution in [-0.4, -0.2) is 16.1 Å². The van der Waals surface area contributed by atoms with E-state index in [9.17, 15) is 4.79 Å². The monoisotopic (exact) mass is 194 g/mol. The molecule has 0 unspecified atom stereocenters. The third kappa shape index (κ3) is 1.21. The summed E-state index contributed by atoms with van der Waals surface area (Å²) in [7, 11) is 1.80. The zero-order valence-corrected chi connectivity index (χ0v) is 7.75. The fourth-order valence-electron chi connectivity index (χ4n) is 1.31. The predicted octanol–water partition coefficient (Wildman–Crippen LogP) is 2.04. The molecule has 0 saturated heterocycles. The number of aromatic nitrogens is 2. The van der Waals surface area contributed by atoms with Gasteiger partial charge in [0, 0.05) is 24.2 Å². The highest BCUT2D eigenvalue weighted by Crippen LogP contribution is 2.23. The first kappa shape index (κ1) is 8.26. The number of carbonyl (C=O) groups is 1. The molecule has 13 heavy (non-hydrogen) atoms. The number of aryl methyl sites for hydroxylation is 1. The Hall–Kier alpha value is -1.35. The number of nitrogens with zero attached hydrogens (tertiary/aromatic N) is 2. The Labute approximate surface area is 79.9 Å². The summed E-state index contributed by atoms with van der Waals surface area (Å²) in [5.74, 6) is 0. The van der Waals surface area contributed by atoms with E-state index in [0.29, 0.717) is 16.1 Å². The van der Waals surface area contributed by atoms with Crippen LogP contribution in [0.4, 0.5) is 0 Å². The molecular weight excluding hydrogens is 188 g/mol. The molecule has 0 saturated carbocycles. The summed E-state index contributed by atoms with van der Waals surface area (Å²) in [6.07, 6.45) is 2.59. The molecule has 2 rings (SSSR count). The predicted molar refractivity (Wildman–Crippen MR) is 51.1 cm³/mol. The van der Waals surface area contributed by atoms with Crippen LogP contribution in [0.3, 0.4) is 0 Å². The molecule has 4 heteroatoms. The van der Waals surface area contributed by atoms with Gasteiger partial charge in [-0.3, -0.25) is 9.48 Å². The van der Waals surface area contributed by atoms with Crippen LogP contribution in [0.2, 0.25) is 5.02 Å². The van der Waals surface area contributed by atoms with E-state index in [1.165, 1.54) is 0 Å². The van der Waals surface area contributed by atoms with Crippen molar-refractivity contribution in [2.75, 3.05) is 0 Å². The van der Waals surface area contributed by atoms with Gasteiger partial charge in [-0.1, -0.05) is 11.6 Å². The molecule has 0 amide bonds. The Balaban J connectivity index is 2.91. The summed E-state index contributed by atoms with van der Waals surface area (Å²) in [6.45, 7) is 0. The molecule has 3 nitrogen and oxygen atoms in total. The van der Waals surface area contributed by atoms with Gasteiger partial charge in [-0.25, -0.2) is 0 Å². The molecule has 1 aromatic carbocycles. The second-order valence-corrected chi connectivity index (χ2v) is 3.23. The van der Waals surface area contributed by atoms with Crippen LogP contribution in [0.1, 0.15) is 10.4 Å². The first-order valence-electron chi connectivity index (χ1n) is 3.79. The van der Waals surface area contributed by atoms with Crippen LogP contribution in [-0.2, 0) is 7.05 Å². The van der Waals surface area contributed by atoms with E-state index in [0.717, 1.165) is 11.7 Å². The van der Waals surface area contributed by atoms with Crippen LogP contribution in [0.5, 0.6) is 0 Å². The molecule has 0 fully saturated rings. The van der Waals surface area contributed by atoms with Gasteiger partial charge in [-0.15, -0.1) is 0 Å². The third-order valence-corrected chi connectivity index (χ3v) is 2.21. The normalized spacial score (nSPS) is 10.6. The number of halogens is 1. The number of carbonyl (C=O) groups excluding carboxylic acids is 1. The lowest BCUT2D eigenvalue weighted by molar-refractivity contribution is 0.112. The third-order valence-electron chi connectivity index (χ3n) is 1.90. The summed E-state index contributed by atoms with van der Waals surface area (Å²) < 4.78 is 1.64. The Bertz CT molecular complexity index is 476. The smallest absolute Gasteiger partial charge is 0.150 e. The molecule has 0 N–H and O–H groups in total. The van der Waals surface area contributed by atoms with E-state index >= 15 is 0 Å². The SMILES string of the molecule is Cn1cc2c(C=O)ccc(Cl)c2n1. The first-order chi connectivity index (χ1) is 6.22. The Kier molecular flexibility index (Phi) is 1.81. The van der Waals surface area contributed by atoms with Gasteiger partial charge in [0.1, 0.15) is 5.52 Å². The van der Waals surface area contributed by atoms with Crippen LogP contribution in [0.15, 0.2) is 18.3 Å². The summed E-state index contributed by atoms with van der Waals surface area (Å²) >= 11 is 5.91. The summed E-state index contributed by atoms with van der Waals surface area (Å²) in [6, 6.07) is 3.37. The lowest BCUT2D eigenvalue weighted by Crippen LogP contribution is -1.84. The maximum Gasteiger partial charge on any atom is 0.150 e. The number of fused-ring (bicyclic) bond motifs is 1. The van der Waals surface area contributed by atoms with E-state index in [1.807, 2.05) is 0 Å². The van der Waals surface area contributed by atoms with Gasteiger partial charge < -0.3 is 0 Å². The Morgan fingerprint density at radius 1 is 1.54 bits per heavy atom. The van der Waals surface area contributed by atoms with Gasteiger partial charge in [0.2, 0.25) is 0 Å². The average molecular weight is 195 g/mol. The molecule has 0 radical (unpaired) electrons. The van der Waals surface area contributed by atoms with Gasteiger partial charge in [0.25, 0.3) is 0 Å². The number of hydrogen-bond acceptors (Lipinski definition) is 2. The summed E-state index contributed by atoms with van der Waals surface area (Å²) in [5.41, 5.74) is 1.29. The van der Waals surface area contributed by atoms with Crippen LogP contribution in [0, 0.1) is 0 Å². The molecular formula is C9H7ClN2O. The fourth-order valence-corrected chi connectivity index (χ4v) is 1.51. The highest BCUT2D eigenvalue weighted by molar-refractivity contribution is 6.35. The van der Waals surface area contributed by atoms with E-state index < -0.39 is 0 Å². The van der Waals surface area contributed by atoms with Crippen molar-refractivity contribution in [2.45, 2.75) is 0 Å². The van der Waals surface area contributed by atoms with Crippen LogP contribution < -0.4 is 0 Å². The molecule has 0 aliphatic heterocycles. The molecule has 0 aliphatic carbocycles. The van der Waals surface area contributed by atoms with Crippen LogP contribution >= 0.6 is 11.6 Å². The number of rotatable bonds is 1. The van der Waals surface area contributed by atoms with Crippen molar-refractivity contribution in [3.8, 4) is 0 Å². The maximum atomic E-state index is 10.7. The van der Waals surface area contributed by atoms with Gasteiger partial charge in [-0.05, 0) is 12.1 Å². The lowest BCUT2D eigenvalue weighted by Gasteiger charge is -1.93. The first-order valence-corrected chi connectivity index (χ1v) is 4.17. The average Bonchev–Trinajstić information content (AvgIpc) is 2.48. The van der Waals surface area contributed by atoms with Crippen molar-refractivity contribution in [1.29, 1.82) is 0 Å². The molecule has 66 valence electrons. The van der Waals surface area contributed by atoms with E-state index in [4.69, 9.17) is 11.6 Å². The van der Waals surface area contributed by atoms with E-state index in [2.05, 4.69) is 5.10 Å². The molecule has 2 aromatic rings. The minimum Gasteiger partial charge on any atom is -0.298 e. The van der Waals surface area contributed by atoms with E-state index in [1.54, 1.807) is 30.1 Å². The minimum atomic E-state index is 0.571. The highest BCUT2D eigenvalue weighted by Gasteiger charge is 2.07. The molecule has 0 bridgehead atoms. The molecule has 1 aromatic heterocycles. The second kappa shape index (κ2) is 2.85. The van der Waals surface area contributed by atoms with Crippen molar-refractivity contribution < 1.29 is 4.79 Å². The van der Waals surface area contributed by atoms with Crippen molar-refractivity contribution in [2.24, 2.45) is 7.05 Å². The van der Waals surface area contributed by atoms with Crippen molar-refractivity contribution in [3.63, 3.8) is 0 Å². The highest BCUT2D eigenvalue weighted by atomic mass is 35.5. The number of aldehydes is 1. The van der Waals surface area contributed by atoms with Crippen LogP contribution in [0.25, 0.3) is 10.9 Å². The molecule has 0 aliphatic rings.